The molecule has 1 aliphatic heterocycles. The van der Waals surface area contributed by atoms with Gasteiger partial charge in [-0.1, -0.05) is 6.92 Å². The number of aromatic amines is 1. The van der Waals surface area contributed by atoms with Crippen molar-refractivity contribution >= 4 is 27.8 Å². The molecule has 0 radical (unpaired) electrons. The lowest BCUT2D eigenvalue weighted by Crippen LogP contribution is -2.44. The summed E-state index contributed by atoms with van der Waals surface area (Å²) in [5, 5.41) is 2.31. The molecule has 4 heterocycles. The third kappa shape index (κ3) is 2.61. The zero-order valence-corrected chi connectivity index (χ0v) is 16.3. The van der Waals surface area contributed by atoms with Gasteiger partial charge in [0.25, 0.3) is 5.91 Å². The Bertz CT molecular complexity index is 1180. The van der Waals surface area contributed by atoms with Crippen LogP contribution in [0.25, 0.3) is 21.9 Å². The average molecular weight is 372 g/mol. The molecule has 5 nitrogen and oxygen atoms in total. The van der Waals surface area contributed by atoms with Gasteiger partial charge in [0.1, 0.15) is 5.65 Å². The predicted octanol–water partition coefficient (Wildman–Crippen LogP) is 4.25. The highest BCUT2D eigenvalue weighted by Gasteiger charge is 2.35. The topological polar surface area (TPSA) is 53.9 Å². The maximum Gasteiger partial charge on any atom is 0.253 e. The van der Waals surface area contributed by atoms with Crippen molar-refractivity contribution < 1.29 is 4.79 Å². The van der Waals surface area contributed by atoms with Gasteiger partial charge in [0.2, 0.25) is 0 Å². The van der Waals surface area contributed by atoms with Gasteiger partial charge in [-0.15, -0.1) is 0 Å². The molecule has 4 aromatic rings. The largest absolute Gasteiger partial charge is 0.351 e. The van der Waals surface area contributed by atoms with Crippen LogP contribution in [0.2, 0.25) is 0 Å². The van der Waals surface area contributed by atoms with Crippen molar-refractivity contribution in [2.75, 3.05) is 13.1 Å². The van der Waals surface area contributed by atoms with Crippen molar-refractivity contribution in [2.45, 2.75) is 25.2 Å². The Hall–Kier alpha value is -3.08. The average Bonchev–Trinajstić information content (AvgIpc) is 3.34. The first-order valence-electron chi connectivity index (χ1n) is 9.82. The fourth-order valence-corrected chi connectivity index (χ4v) is 4.56. The molecule has 1 aliphatic rings. The molecule has 1 saturated heterocycles. The molecule has 0 aliphatic carbocycles. The number of rotatable bonds is 2. The fraction of sp³-hybridized carbons (Fsp3) is 0.304. The van der Waals surface area contributed by atoms with Gasteiger partial charge in [-0.25, -0.2) is 4.98 Å². The molecule has 1 amide bonds. The van der Waals surface area contributed by atoms with Crippen LogP contribution in [0.3, 0.4) is 0 Å². The summed E-state index contributed by atoms with van der Waals surface area (Å²) in [5.41, 5.74) is 4.25. The lowest BCUT2D eigenvalue weighted by Gasteiger charge is -2.40. The summed E-state index contributed by atoms with van der Waals surface area (Å²) in [4.78, 5) is 22.7. The van der Waals surface area contributed by atoms with Crippen molar-refractivity contribution in [1.29, 1.82) is 0 Å². The maximum absolute atomic E-state index is 13.1. The Kier molecular flexibility index (Phi) is 3.79. The van der Waals surface area contributed by atoms with Crippen LogP contribution in [0.1, 0.15) is 35.7 Å². The molecule has 0 atom stereocenters. The fourth-order valence-electron chi connectivity index (χ4n) is 4.56. The third-order valence-electron chi connectivity index (χ3n) is 6.40. The number of nitrogens with zero attached hydrogens (tertiary/aromatic N) is 3. The van der Waals surface area contributed by atoms with E-state index in [-0.39, 0.29) is 11.3 Å². The lowest BCUT2D eigenvalue weighted by atomic mass is 9.74. The first kappa shape index (κ1) is 17.0. The van der Waals surface area contributed by atoms with Crippen LogP contribution in [-0.2, 0) is 12.5 Å². The van der Waals surface area contributed by atoms with Crippen LogP contribution >= 0.6 is 0 Å². The third-order valence-corrected chi connectivity index (χ3v) is 6.40. The Morgan fingerprint density at radius 3 is 2.79 bits per heavy atom. The van der Waals surface area contributed by atoms with Gasteiger partial charge < -0.3 is 14.5 Å². The molecule has 0 unspecified atom stereocenters. The van der Waals surface area contributed by atoms with E-state index in [1.54, 1.807) is 0 Å². The van der Waals surface area contributed by atoms with Gasteiger partial charge in [-0.05, 0) is 60.2 Å². The first-order chi connectivity index (χ1) is 13.5. The molecule has 5 heteroatoms. The van der Waals surface area contributed by atoms with Crippen molar-refractivity contribution in [3.8, 4) is 0 Å². The molecule has 1 fully saturated rings. The number of hydrogen-bond acceptors (Lipinski definition) is 2. The highest BCUT2D eigenvalue weighted by atomic mass is 16.2. The van der Waals surface area contributed by atoms with Gasteiger partial charge in [0.15, 0.2) is 0 Å². The Labute approximate surface area is 164 Å². The van der Waals surface area contributed by atoms with Gasteiger partial charge in [0.05, 0.1) is 0 Å². The smallest absolute Gasteiger partial charge is 0.253 e. The summed E-state index contributed by atoms with van der Waals surface area (Å²) in [6.07, 6.45) is 7.77. The number of carbonyl (C=O) groups is 1. The number of carbonyl (C=O) groups excluding carboxylic acids is 1. The monoisotopic (exact) mass is 372 g/mol. The number of benzene rings is 1. The molecule has 1 aromatic carbocycles. The van der Waals surface area contributed by atoms with Crippen LogP contribution in [0.15, 0.2) is 55.0 Å². The molecule has 5 rings (SSSR count). The van der Waals surface area contributed by atoms with E-state index < -0.39 is 0 Å². The molecule has 0 spiro atoms. The van der Waals surface area contributed by atoms with Gasteiger partial charge in [-0.3, -0.25) is 4.79 Å². The highest BCUT2D eigenvalue weighted by molar-refractivity contribution is 5.98. The molecular weight excluding hydrogens is 348 g/mol. The van der Waals surface area contributed by atoms with Crippen LogP contribution in [0.5, 0.6) is 0 Å². The number of pyridine rings is 1. The normalized spacial score (nSPS) is 16.7. The second kappa shape index (κ2) is 6.23. The molecule has 0 bridgehead atoms. The molecule has 1 N–H and O–H groups in total. The van der Waals surface area contributed by atoms with E-state index in [4.69, 9.17) is 0 Å². The number of aromatic nitrogens is 3. The minimum Gasteiger partial charge on any atom is -0.351 e. The number of nitrogens with one attached hydrogen (secondary N) is 1. The first-order valence-corrected chi connectivity index (χ1v) is 9.82. The van der Waals surface area contributed by atoms with E-state index in [1.807, 2.05) is 48.7 Å². The van der Waals surface area contributed by atoms with Gasteiger partial charge >= 0.3 is 0 Å². The number of piperidine rings is 1. The minimum atomic E-state index is 0.0591. The number of likely N-dealkylation sites (tertiary alicyclic amines) is 1. The number of amides is 1. The number of aryl methyl sites for hydroxylation is 1. The number of fused-ring (bicyclic) bond motifs is 2. The second-order valence-corrected chi connectivity index (χ2v) is 8.15. The van der Waals surface area contributed by atoms with E-state index in [0.29, 0.717) is 0 Å². The van der Waals surface area contributed by atoms with Crippen molar-refractivity contribution in [2.24, 2.45) is 7.05 Å². The van der Waals surface area contributed by atoms with E-state index in [2.05, 4.69) is 39.7 Å². The SMILES string of the molecule is Cn1ccc2cc(C(=O)N3CCC(C)(c4ccnc5[nH]ccc45)CC3)ccc21. The molecule has 0 saturated carbocycles. The van der Waals surface area contributed by atoms with E-state index in [0.717, 1.165) is 48.0 Å². The zero-order valence-electron chi connectivity index (χ0n) is 16.3. The van der Waals surface area contributed by atoms with Crippen molar-refractivity contribution in [1.82, 2.24) is 19.4 Å². The summed E-state index contributed by atoms with van der Waals surface area (Å²) in [5.74, 6) is 0.134. The predicted molar refractivity (Wildman–Crippen MR) is 112 cm³/mol. The Balaban J connectivity index is 1.37. The summed E-state index contributed by atoms with van der Waals surface area (Å²) in [6, 6.07) is 12.3. The quantitative estimate of drug-likeness (QED) is 0.572. The van der Waals surface area contributed by atoms with Crippen molar-refractivity contribution in [3.05, 3.63) is 66.1 Å². The Morgan fingerprint density at radius 1 is 1.14 bits per heavy atom. The van der Waals surface area contributed by atoms with E-state index >= 15 is 0 Å². The number of hydrogen-bond donors (Lipinski definition) is 1. The van der Waals surface area contributed by atoms with E-state index in [9.17, 15) is 4.79 Å². The van der Waals surface area contributed by atoms with E-state index in [1.165, 1.54) is 10.9 Å². The van der Waals surface area contributed by atoms with Crippen LogP contribution < -0.4 is 0 Å². The number of H-pyrrole nitrogens is 1. The lowest BCUT2D eigenvalue weighted by molar-refractivity contribution is 0.0677. The van der Waals surface area contributed by atoms with Crippen molar-refractivity contribution in [3.63, 3.8) is 0 Å². The van der Waals surface area contributed by atoms with Gasteiger partial charge in [-0.2, -0.15) is 0 Å². The summed E-state index contributed by atoms with van der Waals surface area (Å²) in [6.45, 7) is 3.86. The van der Waals surface area contributed by atoms with Gasteiger partial charge in [0, 0.05) is 60.6 Å². The standard InChI is InChI=1S/C23H24N4O/c1-23(19-6-11-25-21-18(19)5-10-24-21)8-13-27(14-9-23)22(28)17-3-4-20-16(15-17)7-12-26(20)2/h3-7,10-12,15H,8-9,13-14H2,1-2H3,(H,24,25). The summed E-state index contributed by atoms with van der Waals surface area (Å²) >= 11 is 0. The molecule has 28 heavy (non-hydrogen) atoms. The maximum atomic E-state index is 13.1. The zero-order chi connectivity index (χ0) is 19.3. The molecule has 3 aromatic heterocycles. The minimum absolute atomic E-state index is 0.0591. The summed E-state index contributed by atoms with van der Waals surface area (Å²) in [7, 11) is 2.02. The van der Waals surface area contributed by atoms with Crippen LogP contribution in [0, 0.1) is 0 Å². The van der Waals surface area contributed by atoms with Crippen LogP contribution in [-0.4, -0.2) is 38.4 Å². The highest BCUT2D eigenvalue weighted by Crippen LogP contribution is 2.38. The molecular formula is C23H24N4O. The summed E-state index contributed by atoms with van der Waals surface area (Å²) < 4.78 is 2.08. The molecule has 142 valence electrons. The second-order valence-electron chi connectivity index (χ2n) is 8.15. The Morgan fingerprint density at radius 2 is 1.96 bits per heavy atom. The van der Waals surface area contributed by atoms with Crippen LogP contribution in [0.4, 0.5) is 0 Å².